The number of sulfonamides is 1. The number of hydrogen-bond acceptors (Lipinski definition) is 4. The predicted molar refractivity (Wildman–Crippen MR) is 103 cm³/mol. The first kappa shape index (κ1) is 17.2. The van der Waals surface area contributed by atoms with E-state index in [0.29, 0.717) is 11.3 Å². The summed E-state index contributed by atoms with van der Waals surface area (Å²) in [6.07, 6.45) is 1.99. The number of nitrogens with zero attached hydrogens (tertiary/aromatic N) is 3. The first-order valence-corrected chi connectivity index (χ1v) is 10.5. The average molecular weight is 433 g/mol. The highest BCUT2D eigenvalue weighted by atomic mass is 79.9. The smallest absolute Gasteiger partial charge is 0.262 e. The fraction of sp³-hybridized carbons (Fsp3) is 0.222. The standard InChI is InChI=1S/C18H17BrN4O2S/c1-12-7-8-14(19)11-16(12)26(24,25)22-15-5-2-4-13(10-15)18-21-20-17-6-3-9-23(17)18/h2,4-5,7-8,10-11,22H,3,6,9H2,1H3. The molecule has 1 aliphatic rings. The largest absolute Gasteiger partial charge is 0.311 e. The molecule has 1 N–H and O–H groups in total. The molecule has 0 saturated carbocycles. The molecule has 3 aromatic rings. The summed E-state index contributed by atoms with van der Waals surface area (Å²) in [6.45, 7) is 2.67. The number of aryl methyl sites for hydroxylation is 2. The van der Waals surface area contributed by atoms with Gasteiger partial charge in [0.1, 0.15) is 5.82 Å². The second-order valence-corrected chi connectivity index (χ2v) is 8.86. The third kappa shape index (κ3) is 3.14. The lowest BCUT2D eigenvalue weighted by Crippen LogP contribution is -2.14. The SMILES string of the molecule is Cc1ccc(Br)cc1S(=O)(=O)Nc1cccc(-c2nnc3n2CCC3)c1. The van der Waals surface area contributed by atoms with Crippen molar-refractivity contribution < 1.29 is 8.42 Å². The Morgan fingerprint density at radius 3 is 2.85 bits per heavy atom. The van der Waals surface area contributed by atoms with E-state index in [-0.39, 0.29) is 4.90 Å². The van der Waals surface area contributed by atoms with Gasteiger partial charge < -0.3 is 4.57 Å². The first-order chi connectivity index (χ1) is 12.4. The van der Waals surface area contributed by atoms with Crippen LogP contribution in [0, 0.1) is 6.92 Å². The summed E-state index contributed by atoms with van der Waals surface area (Å²) in [4.78, 5) is 0.251. The molecule has 0 bridgehead atoms. The Kier molecular flexibility index (Phi) is 4.32. The quantitative estimate of drug-likeness (QED) is 0.680. The van der Waals surface area contributed by atoms with Gasteiger partial charge in [-0.15, -0.1) is 10.2 Å². The minimum Gasteiger partial charge on any atom is -0.311 e. The van der Waals surface area contributed by atoms with E-state index in [2.05, 4.69) is 35.4 Å². The maximum absolute atomic E-state index is 12.8. The predicted octanol–water partition coefficient (Wildman–Crippen LogP) is 3.76. The lowest BCUT2D eigenvalue weighted by molar-refractivity contribution is 0.600. The molecule has 0 saturated heterocycles. The van der Waals surface area contributed by atoms with Crippen molar-refractivity contribution in [1.29, 1.82) is 0 Å². The van der Waals surface area contributed by atoms with Gasteiger partial charge in [0.2, 0.25) is 0 Å². The molecule has 2 heterocycles. The Morgan fingerprint density at radius 1 is 1.15 bits per heavy atom. The number of halogens is 1. The van der Waals surface area contributed by atoms with Crippen LogP contribution >= 0.6 is 15.9 Å². The van der Waals surface area contributed by atoms with E-state index in [1.54, 1.807) is 31.2 Å². The van der Waals surface area contributed by atoms with Crippen molar-refractivity contribution in [2.75, 3.05) is 4.72 Å². The van der Waals surface area contributed by atoms with Gasteiger partial charge in [-0.25, -0.2) is 8.42 Å². The number of hydrogen-bond donors (Lipinski definition) is 1. The van der Waals surface area contributed by atoms with Crippen LogP contribution in [-0.4, -0.2) is 23.2 Å². The van der Waals surface area contributed by atoms with Crippen molar-refractivity contribution in [3.63, 3.8) is 0 Å². The van der Waals surface area contributed by atoms with Crippen molar-refractivity contribution in [1.82, 2.24) is 14.8 Å². The zero-order valence-corrected chi connectivity index (χ0v) is 16.5. The molecule has 26 heavy (non-hydrogen) atoms. The third-order valence-corrected chi connectivity index (χ3v) is 6.44. The molecule has 6 nitrogen and oxygen atoms in total. The number of nitrogens with one attached hydrogen (secondary N) is 1. The average Bonchev–Trinajstić information content (AvgIpc) is 3.20. The summed E-state index contributed by atoms with van der Waals surface area (Å²) in [5, 5.41) is 8.47. The summed E-state index contributed by atoms with van der Waals surface area (Å²) in [6, 6.07) is 12.5. The molecule has 0 radical (unpaired) electrons. The Balaban J connectivity index is 1.68. The van der Waals surface area contributed by atoms with Gasteiger partial charge in [0.15, 0.2) is 5.82 Å². The maximum atomic E-state index is 12.8. The van der Waals surface area contributed by atoms with Gasteiger partial charge >= 0.3 is 0 Å². The van der Waals surface area contributed by atoms with Gasteiger partial charge in [-0.2, -0.15) is 0 Å². The van der Waals surface area contributed by atoms with E-state index in [9.17, 15) is 8.42 Å². The van der Waals surface area contributed by atoms with Crippen molar-refractivity contribution >= 4 is 31.6 Å². The minimum absolute atomic E-state index is 0.251. The molecule has 0 spiro atoms. The Hall–Kier alpha value is -2.19. The fourth-order valence-corrected chi connectivity index (χ4v) is 4.99. The molecule has 2 aromatic carbocycles. The van der Waals surface area contributed by atoms with Gasteiger partial charge in [0.05, 0.1) is 4.90 Å². The van der Waals surface area contributed by atoms with Crippen LogP contribution in [0.2, 0.25) is 0 Å². The topological polar surface area (TPSA) is 76.9 Å². The van der Waals surface area contributed by atoms with E-state index in [4.69, 9.17) is 0 Å². The number of fused-ring (bicyclic) bond motifs is 1. The first-order valence-electron chi connectivity index (χ1n) is 8.25. The van der Waals surface area contributed by atoms with Crippen LogP contribution in [0.4, 0.5) is 5.69 Å². The molecular formula is C18H17BrN4O2S. The van der Waals surface area contributed by atoms with Crippen LogP contribution < -0.4 is 4.72 Å². The third-order valence-electron chi connectivity index (χ3n) is 4.42. The normalized spacial score (nSPS) is 13.6. The van der Waals surface area contributed by atoms with E-state index in [0.717, 1.165) is 41.1 Å². The van der Waals surface area contributed by atoms with Gasteiger partial charge in [0.25, 0.3) is 10.0 Å². The highest BCUT2D eigenvalue weighted by molar-refractivity contribution is 9.10. The van der Waals surface area contributed by atoms with Crippen LogP contribution in [-0.2, 0) is 23.0 Å². The lowest BCUT2D eigenvalue weighted by Gasteiger charge is -2.12. The van der Waals surface area contributed by atoms with Gasteiger partial charge in [-0.3, -0.25) is 4.72 Å². The van der Waals surface area contributed by atoms with Gasteiger partial charge in [-0.1, -0.05) is 34.1 Å². The molecular weight excluding hydrogens is 416 g/mol. The number of rotatable bonds is 4. The summed E-state index contributed by atoms with van der Waals surface area (Å²) < 4.78 is 31.1. The Labute approximate surface area is 160 Å². The molecule has 0 fully saturated rings. The van der Waals surface area contributed by atoms with Gasteiger partial charge in [-0.05, 0) is 43.2 Å². The van der Waals surface area contributed by atoms with E-state index in [1.807, 2.05) is 18.2 Å². The van der Waals surface area contributed by atoms with Crippen molar-refractivity contribution in [3.8, 4) is 11.4 Å². The molecule has 0 amide bonds. The molecule has 4 rings (SSSR count). The van der Waals surface area contributed by atoms with Crippen molar-refractivity contribution in [3.05, 3.63) is 58.3 Å². The van der Waals surface area contributed by atoms with Crippen LogP contribution in [0.15, 0.2) is 51.8 Å². The summed E-state index contributed by atoms with van der Waals surface area (Å²) >= 11 is 3.33. The van der Waals surface area contributed by atoms with Crippen molar-refractivity contribution in [2.45, 2.75) is 31.2 Å². The summed E-state index contributed by atoms with van der Waals surface area (Å²) in [5.41, 5.74) is 2.03. The van der Waals surface area contributed by atoms with Crippen LogP contribution in [0.3, 0.4) is 0 Å². The maximum Gasteiger partial charge on any atom is 0.262 e. The van der Waals surface area contributed by atoms with Gasteiger partial charge in [0, 0.05) is 28.7 Å². The van der Waals surface area contributed by atoms with E-state index < -0.39 is 10.0 Å². The monoisotopic (exact) mass is 432 g/mol. The highest BCUT2D eigenvalue weighted by Crippen LogP contribution is 2.27. The number of aromatic nitrogens is 3. The number of benzene rings is 2. The van der Waals surface area contributed by atoms with Crippen LogP contribution in [0.25, 0.3) is 11.4 Å². The molecule has 1 aliphatic heterocycles. The molecule has 0 unspecified atom stereocenters. The fourth-order valence-electron chi connectivity index (χ4n) is 3.16. The minimum atomic E-state index is -3.69. The van der Waals surface area contributed by atoms with E-state index in [1.165, 1.54) is 0 Å². The second kappa shape index (κ2) is 6.51. The molecule has 8 heteroatoms. The molecule has 1 aromatic heterocycles. The molecule has 134 valence electrons. The Morgan fingerprint density at radius 2 is 2.00 bits per heavy atom. The summed E-state index contributed by atoms with van der Waals surface area (Å²) in [5.74, 6) is 1.76. The molecule has 0 aliphatic carbocycles. The van der Waals surface area contributed by atoms with E-state index >= 15 is 0 Å². The van der Waals surface area contributed by atoms with Crippen molar-refractivity contribution in [2.24, 2.45) is 0 Å². The second-order valence-electron chi connectivity index (χ2n) is 6.29. The van der Waals surface area contributed by atoms with Crippen LogP contribution in [0.5, 0.6) is 0 Å². The molecule has 0 atom stereocenters. The highest BCUT2D eigenvalue weighted by Gasteiger charge is 2.20. The lowest BCUT2D eigenvalue weighted by atomic mass is 10.2. The zero-order chi connectivity index (χ0) is 18.3. The summed E-state index contributed by atoms with van der Waals surface area (Å²) in [7, 11) is -3.69. The Bertz CT molecular complexity index is 1090. The zero-order valence-electron chi connectivity index (χ0n) is 14.1. The van der Waals surface area contributed by atoms with Crippen LogP contribution in [0.1, 0.15) is 17.8 Å². The number of anilines is 1.